The van der Waals surface area contributed by atoms with E-state index in [0.29, 0.717) is 17.1 Å². The lowest BCUT2D eigenvalue weighted by molar-refractivity contribution is -0.139. The Labute approximate surface area is 119 Å². The largest absolute Gasteiger partial charge is 0.421 e. The molecule has 0 fully saturated rings. The lowest BCUT2D eigenvalue weighted by Gasteiger charge is -2.12. The summed E-state index contributed by atoms with van der Waals surface area (Å²) in [5.74, 6) is -0.633. The van der Waals surface area contributed by atoms with Crippen LogP contribution in [0, 0.1) is 0 Å². The van der Waals surface area contributed by atoms with E-state index in [1.54, 1.807) is 0 Å². The van der Waals surface area contributed by atoms with Gasteiger partial charge in [0.1, 0.15) is 12.1 Å². The van der Waals surface area contributed by atoms with Crippen molar-refractivity contribution in [3.05, 3.63) is 34.2 Å². The fourth-order valence-corrected chi connectivity index (χ4v) is 1.75. The van der Waals surface area contributed by atoms with E-state index < -0.39 is 35.9 Å². The molecule has 1 rings (SSSR count). The Hall–Kier alpha value is -1.83. The number of alkyl halides is 3. The minimum absolute atomic E-state index is 0.000382. The third kappa shape index (κ3) is 5.22. The highest BCUT2D eigenvalue weighted by molar-refractivity contribution is 5.75. The maximum absolute atomic E-state index is 12.6. The summed E-state index contributed by atoms with van der Waals surface area (Å²) < 4.78 is 38.4. The molecule has 118 valence electrons. The van der Waals surface area contributed by atoms with Crippen molar-refractivity contribution in [2.24, 2.45) is 0 Å². The summed E-state index contributed by atoms with van der Waals surface area (Å²) in [6.07, 6.45) is -3.11. The van der Waals surface area contributed by atoms with Crippen molar-refractivity contribution in [3.8, 4) is 0 Å². The van der Waals surface area contributed by atoms with Gasteiger partial charge >= 0.3 is 6.18 Å². The number of nitrogens with zero attached hydrogens (tertiary/aromatic N) is 1. The van der Waals surface area contributed by atoms with Gasteiger partial charge in [-0.15, -0.1) is 0 Å². The molecule has 1 heterocycles. The number of carbonyl (C=O) groups excluding carboxylic acids is 1. The molecule has 1 aromatic rings. The smallest absolute Gasteiger partial charge is 0.391 e. The van der Waals surface area contributed by atoms with Gasteiger partial charge in [0.05, 0.1) is 6.10 Å². The number of pyridine rings is 1. The number of aromatic nitrogens is 1. The quantitative estimate of drug-likeness (QED) is 0.828. The van der Waals surface area contributed by atoms with Crippen molar-refractivity contribution < 1.29 is 23.1 Å². The fourth-order valence-electron chi connectivity index (χ4n) is 1.75. The van der Waals surface area contributed by atoms with E-state index in [0.717, 1.165) is 18.7 Å². The summed E-state index contributed by atoms with van der Waals surface area (Å²) >= 11 is 0. The van der Waals surface area contributed by atoms with Gasteiger partial charge in [0.2, 0.25) is 5.91 Å². The van der Waals surface area contributed by atoms with Gasteiger partial charge in [-0.1, -0.05) is 13.3 Å². The van der Waals surface area contributed by atoms with Gasteiger partial charge in [-0.2, -0.15) is 13.2 Å². The summed E-state index contributed by atoms with van der Waals surface area (Å²) in [5, 5.41) is 11.8. The van der Waals surface area contributed by atoms with Crippen LogP contribution in [0.15, 0.2) is 23.1 Å². The first-order valence-electron chi connectivity index (χ1n) is 6.47. The molecule has 0 radical (unpaired) electrons. The Morgan fingerprint density at radius 3 is 2.71 bits per heavy atom. The van der Waals surface area contributed by atoms with Crippen LogP contribution in [-0.2, 0) is 17.5 Å². The lowest BCUT2D eigenvalue weighted by Crippen LogP contribution is -2.37. The number of aliphatic hydroxyl groups is 1. The second kappa shape index (κ2) is 7.26. The highest BCUT2D eigenvalue weighted by Gasteiger charge is 2.34. The maximum atomic E-state index is 12.6. The van der Waals surface area contributed by atoms with E-state index in [9.17, 15) is 27.9 Å². The number of hydrogen-bond donors (Lipinski definition) is 2. The van der Waals surface area contributed by atoms with E-state index in [4.69, 9.17) is 0 Å². The van der Waals surface area contributed by atoms with Gasteiger partial charge in [-0.3, -0.25) is 9.59 Å². The van der Waals surface area contributed by atoms with Crippen molar-refractivity contribution in [2.45, 2.75) is 38.6 Å². The molecule has 0 aliphatic heterocycles. The summed E-state index contributed by atoms with van der Waals surface area (Å²) in [7, 11) is 0. The minimum Gasteiger partial charge on any atom is -0.391 e. The van der Waals surface area contributed by atoms with E-state index in [-0.39, 0.29) is 6.54 Å². The third-order valence-electron chi connectivity index (χ3n) is 2.80. The zero-order valence-electron chi connectivity index (χ0n) is 11.5. The molecular weight excluding hydrogens is 289 g/mol. The molecule has 0 spiro atoms. The van der Waals surface area contributed by atoms with Crippen LogP contribution in [0.3, 0.4) is 0 Å². The second-order valence-corrected chi connectivity index (χ2v) is 4.60. The van der Waals surface area contributed by atoms with Crippen LogP contribution in [0.2, 0.25) is 0 Å². The molecule has 0 aromatic carbocycles. The lowest BCUT2D eigenvalue weighted by atomic mass is 10.2. The SMILES string of the molecule is CCCC(O)CNC(=O)Cn1cccc(C(F)(F)F)c1=O. The summed E-state index contributed by atoms with van der Waals surface area (Å²) in [6, 6.07) is 1.73. The Morgan fingerprint density at radius 1 is 1.48 bits per heavy atom. The van der Waals surface area contributed by atoms with Crippen molar-refractivity contribution in [3.63, 3.8) is 0 Å². The molecule has 1 atom stereocenters. The highest BCUT2D eigenvalue weighted by atomic mass is 19.4. The highest BCUT2D eigenvalue weighted by Crippen LogP contribution is 2.25. The van der Waals surface area contributed by atoms with Crippen LogP contribution < -0.4 is 10.9 Å². The van der Waals surface area contributed by atoms with E-state index in [1.165, 1.54) is 0 Å². The van der Waals surface area contributed by atoms with Gasteiger partial charge in [0.25, 0.3) is 5.56 Å². The molecule has 1 unspecified atom stereocenters. The Bertz CT molecular complexity index is 540. The number of carbonyl (C=O) groups is 1. The van der Waals surface area contributed by atoms with Crippen molar-refractivity contribution in [1.29, 1.82) is 0 Å². The van der Waals surface area contributed by atoms with E-state index >= 15 is 0 Å². The fraction of sp³-hybridized carbons (Fsp3) is 0.538. The third-order valence-corrected chi connectivity index (χ3v) is 2.80. The molecule has 1 amide bonds. The molecule has 5 nitrogen and oxygen atoms in total. The van der Waals surface area contributed by atoms with Gasteiger partial charge < -0.3 is 15.0 Å². The van der Waals surface area contributed by atoms with Gasteiger partial charge in [-0.05, 0) is 18.6 Å². The topological polar surface area (TPSA) is 71.3 Å². The first kappa shape index (κ1) is 17.2. The standard InChI is InChI=1S/C13H17F3N2O3/c1-2-4-9(19)7-17-11(20)8-18-6-3-5-10(12(18)21)13(14,15)16/h3,5-6,9,19H,2,4,7-8H2,1H3,(H,17,20). The number of halogens is 3. The average molecular weight is 306 g/mol. The van der Waals surface area contributed by atoms with Crippen LogP contribution in [0.5, 0.6) is 0 Å². The van der Waals surface area contributed by atoms with Crippen LogP contribution in [0.4, 0.5) is 13.2 Å². The molecule has 21 heavy (non-hydrogen) atoms. The summed E-state index contributed by atoms with van der Waals surface area (Å²) in [6.45, 7) is 1.34. The zero-order chi connectivity index (χ0) is 16.0. The van der Waals surface area contributed by atoms with Gasteiger partial charge in [0.15, 0.2) is 0 Å². The first-order chi connectivity index (χ1) is 9.75. The van der Waals surface area contributed by atoms with E-state index in [1.807, 2.05) is 6.92 Å². The predicted molar refractivity (Wildman–Crippen MR) is 69.6 cm³/mol. The molecule has 2 N–H and O–H groups in total. The zero-order valence-corrected chi connectivity index (χ0v) is 11.5. The molecule has 0 saturated carbocycles. The number of rotatable bonds is 6. The molecule has 1 aromatic heterocycles. The number of hydrogen-bond acceptors (Lipinski definition) is 3. The van der Waals surface area contributed by atoms with Crippen LogP contribution in [0.1, 0.15) is 25.3 Å². The van der Waals surface area contributed by atoms with Crippen LogP contribution >= 0.6 is 0 Å². The summed E-state index contributed by atoms with van der Waals surface area (Å²) in [5.41, 5.74) is -2.59. The minimum atomic E-state index is -4.76. The predicted octanol–water partition coefficient (Wildman–Crippen LogP) is 1.14. The van der Waals surface area contributed by atoms with Crippen LogP contribution in [-0.4, -0.2) is 28.2 Å². The monoisotopic (exact) mass is 306 g/mol. The van der Waals surface area contributed by atoms with Crippen LogP contribution in [0.25, 0.3) is 0 Å². The molecule has 8 heteroatoms. The maximum Gasteiger partial charge on any atom is 0.421 e. The number of nitrogens with one attached hydrogen (secondary N) is 1. The molecule has 0 aliphatic rings. The normalized spacial score (nSPS) is 13.0. The molecule has 0 aliphatic carbocycles. The van der Waals surface area contributed by atoms with Crippen molar-refractivity contribution >= 4 is 5.91 Å². The van der Waals surface area contributed by atoms with Crippen molar-refractivity contribution in [2.75, 3.05) is 6.54 Å². The average Bonchev–Trinajstić information content (AvgIpc) is 2.38. The van der Waals surface area contributed by atoms with E-state index in [2.05, 4.69) is 5.32 Å². The second-order valence-electron chi connectivity index (χ2n) is 4.60. The Morgan fingerprint density at radius 2 is 2.14 bits per heavy atom. The summed E-state index contributed by atoms with van der Waals surface area (Å²) in [4.78, 5) is 23.2. The Balaban J connectivity index is 2.72. The molecule has 0 saturated heterocycles. The van der Waals surface area contributed by atoms with Gasteiger partial charge in [0, 0.05) is 12.7 Å². The molecule has 0 bridgehead atoms. The first-order valence-corrected chi connectivity index (χ1v) is 6.47. The van der Waals surface area contributed by atoms with Gasteiger partial charge in [-0.25, -0.2) is 0 Å². The Kier molecular flexibility index (Phi) is 5.95. The van der Waals surface area contributed by atoms with Crippen molar-refractivity contribution in [1.82, 2.24) is 9.88 Å². The number of aliphatic hydroxyl groups excluding tert-OH is 1. The molecular formula is C13H17F3N2O3. The number of amides is 1.